The Morgan fingerprint density at radius 2 is 2.42 bits per heavy atom. The first-order chi connectivity index (χ1) is 9.29. The van der Waals surface area contributed by atoms with Crippen LogP contribution >= 0.6 is 0 Å². The molecule has 5 nitrogen and oxygen atoms in total. The topological polar surface area (TPSA) is 63.2 Å². The van der Waals surface area contributed by atoms with Crippen molar-refractivity contribution in [2.45, 2.75) is 32.3 Å². The molecular weight excluding hydrogens is 242 g/mol. The zero-order valence-corrected chi connectivity index (χ0v) is 11.3. The van der Waals surface area contributed by atoms with Crippen molar-refractivity contribution in [1.82, 2.24) is 10.3 Å². The number of hydrogen-bond donors (Lipinski definition) is 2. The van der Waals surface area contributed by atoms with Gasteiger partial charge < -0.3 is 15.4 Å². The molecule has 0 bridgehead atoms. The summed E-state index contributed by atoms with van der Waals surface area (Å²) in [6.07, 6.45) is 5.10. The molecule has 1 fully saturated rings. The van der Waals surface area contributed by atoms with Crippen LogP contribution in [0.25, 0.3) is 0 Å². The van der Waals surface area contributed by atoms with Gasteiger partial charge in [-0.05, 0) is 38.3 Å². The van der Waals surface area contributed by atoms with Crippen molar-refractivity contribution in [1.29, 1.82) is 0 Å². The van der Waals surface area contributed by atoms with E-state index in [0.717, 1.165) is 38.1 Å². The molecule has 0 aromatic carbocycles. The molecule has 104 valence electrons. The first kappa shape index (κ1) is 13.8. The third-order valence-corrected chi connectivity index (χ3v) is 3.15. The van der Waals surface area contributed by atoms with Gasteiger partial charge in [-0.3, -0.25) is 4.79 Å². The summed E-state index contributed by atoms with van der Waals surface area (Å²) in [7, 11) is 0. The molecule has 1 amide bonds. The van der Waals surface area contributed by atoms with Gasteiger partial charge in [-0.15, -0.1) is 0 Å². The Balaban J connectivity index is 1.75. The molecule has 1 aliphatic rings. The van der Waals surface area contributed by atoms with Gasteiger partial charge in [-0.2, -0.15) is 0 Å². The number of nitrogens with zero attached hydrogens (tertiary/aromatic N) is 1. The van der Waals surface area contributed by atoms with Gasteiger partial charge in [0.15, 0.2) is 0 Å². The van der Waals surface area contributed by atoms with Crippen molar-refractivity contribution in [3.05, 3.63) is 24.0 Å². The standard InChI is InChI=1S/C14H21N3O2/c1-2-15-11-5-6-13(17-10-11)14(18)16-8-7-12-4-3-9-19-12/h5-6,10,12,15H,2-4,7-9H2,1H3,(H,16,18). The summed E-state index contributed by atoms with van der Waals surface area (Å²) in [4.78, 5) is 16.0. The monoisotopic (exact) mass is 263 g/mol. The summed E-state index contributed by atoms with van der Waals surface area (Å²) >= 11 is 0. The Kier molecular flexibility index (Phi) is 5.15. The van der Waals surface area contributed by atoms with Crippen LogP contribution in [0, 0.1) is 0 Å². The lowest BCUT2D eigenvalue weighted by Gasteiger charge is -2.10. The van der Waals surface area contributed by atoms with E-state index in [1.807, 2.05) is 13.0 Å². The van der Waals surface area contributed by atoms with Gasteiger partial charge in [0.25, 0.3) is 5.91 Å². The number of nitrogens with one attached hydrogen (secondary N) is 2. The highest BCUT2D eigenvalue weighted by molar-refractivity contribution is 5.92. The lowest BCUT2D eigenvalue weighted by molar-refractivity contribution is 0.0903. The normalized spacial score (nSPS) is 18.3. The number of carbonyl (C=O) groups is 1. The Morgan fingerprint density at radius 1 is 1.53 bits per heavy atom. The summed E-state index contributed by atoms with van der Waals surface area (Å²) in [5.74, 6) is -0.124. The number of hydrogen-bond acceptors (Lipinski definition) is 4. The van der Waals surface area contributed by atoms with E-state index in [2.05, 4.69) is 15.6 Å². The summed E-state index contributed by atoms with van der Waals surface area (Å²) < 4.78 is 5.51. The van der Waals surface area contributed by atoms with E-state index in [-0.39, 0.29) is 5.91 Å². The second kappa shape index (κ2) is 7.09. The molecule has 2 N–H and O–H groups in total. The molecule has 1 unspecified atom stereocenters. The number of amides is 1. The van der Waals surface area contributed by atoms with Crippen molar-refractivity contribution in [3.63, 3.8) is 0 Å². The summed E-state index contributed by atoms with van der Waals surface area (Å²) in [6.45, 7) is 4.35. The number of aromatic nitrogens is 1. The first-order valence-electron chi connectivity index (χ1n) is 6.89. The summed E-state index contributed by atoms with van der Waals surface area (Å²) in [5, 5.41) is 6.02. The number of carbonyl (C=O) groups excluding carboxylic acids is 1. The highest BCUT2D eigenvalue weighted by Gasteiger charge is 2.15. The van der Waals surface area contributed by atoms with Gasteiger partial charge in [0, 0.05) is 19.7 Å². The smallest absolute Gasteiger partial charge is 0.269 e. The lowest BCUT2D eigenvalue weighted by Crippen LogP contribution is -2.27. The molecule has 1 aromatic heterocycles. The molecule has 1 aliphatic heterocycles. The number of anilines is 1. The SMILES string of the molecule is CCNc1ccc(C(=O)NCCC2CCCO2)nc1. The number of rotatable bonds is 6. The van der Waals surface area contributed by atoms with Crippen molar-refractivity contribution >= 4 is 11.6 Å². The van der Waals surface area contributed by atoms with Crippen molar-refractivity contribution in [3.8, 4) is 0 Å². The third-order valence-electron chi connectivity index (χ3n) is 3.15. The highest BCUT2D eigenvalue weighted by atomic mass is 16.5. The number of pyridine rings is 1. The predicted octanol–water partition coefficient (Wildman–Crippen LogP) is 1.81. The third kappa shape index (κ3) is 4.21. The Morgan fingerprint density at radius 3 is 3.05 bits per heavy atom. The number of ether oxygens (including phenoxy) is 1. The summed E-state index contributed by atoms with van der Waals surface area (Å²) in [6, 6.07) is 3.60. The minimum absolute atomic E-state index is 0.124. The average molecular weight is 263 g/mol. The predicted molar refractivity (Wildman–Crippen MR) is 74.3 cm³/mol. The van der Waals surface area contributed by atoms with E-state index in [1.165, 1.54) is 0 Å². The largest absolute Gasteiger partial charge is 0.384 e. The lowest BCUT2D eigenvalue weighted by atomic mass is 10.2. The molecule has 0 saturated carbocycles. The van der Waals surface area contributed by atoms with E-state index >= 15 is 0 Å². The molecule has 0 radical (unpaired) electrons. The molecule has 5 heteroatoms. The molecule has 1 saturated heterocycles. The Labute approximate surface area is 113 Å². The molecule has 19 heavy (non-hydrogen) atoms. The minimum Gasteiger partial charge on any atom is -0.384 e. The van der Waals surface area contributed by atoms with E-state index in [1.54, 1.807) is 12.3 Å². The van der Waals surface area contributed by atoms with Crippen LogP contribution < -0.4 is 10.6 Å². The van der Waals surface area contributed by atoms with Crippen molar-refractivity contribution in [2.24, 2.45) is 0 Å². The zero-order chi connectivity index (χ0) is 13.5. The molecular formula is C14H21N3O2. The van der Waals surface area contributed by atoms with Crippen LogP contribution in [-0.2, 0) is 4.74 Å². The van der Waals surface area contributed by atoms with Gasteiger partial charge in [0.05, 0.1) is 18.0 Å². The fraction of sp³-hybridized carbons (Fsp3) is 0.571. The van der Waals surface area contributed by atoms with E-state index in [4.69, 9.17) is 4.74 Å². The molecule has 2 heterocycles. The van der Waals surface area contributed by atoms with Gasteiger partial charge in [0.1, 0.15) is 5.69 Å². The minimum atomic E-state index is -0.124. The fourth-order valence-electron chi connectivity index (χ4n) is 2.15. The Bertz CT molecular complexity index is 400. The van der Waals surface area contributed by atoms with Crippen molar-refractivity contribution < 1.29 is 9.53 Å². The van der Waals surface area contributed by atoms with Gasteiger partial charge in [-0.1, -0.05) is 0 Å². The maximum atomic E-state index is 11.9. The van der Waals surface area contributed by atoms with E-state index in [0.29, 0.717) is 18.3 Å². The van der Waals surface area contributed by atoms with Crippen LogP contribution in [0.4, 0.5) is 5.69 Å². The molecule has 1 aromatic rings. The molecule has 2 rings (SSSR count). The van der Waals surface area contributed by atoms with Crippen LogP contribution in [-0.4, -0.2) is 36.7 Å². The van der Waals surface area contributed by atoms with Crippen LogP contribution in [0.2, 0.25) is 0 Å². The van der Waals surface area contributed by atoms with Crippen LogP contribution in [0.1, 0.15) is 36.7 Å². The molecule has 0 aliphatic carbocycles. The van der Waals surface area contributed by atoms with E-state index in [9.17, 15) is 4.79 Å². The maximum Gasteiger partial charge on any atom is 0.269 e. The summed E-state index contributed by atoms with van der Waals surface area (Å²) in [5.41, 5.74) is 1.38. The zero-order valence-electron chi connectivity index (χ0n) is 11.3. The molecule has 1 atom stereocenters. The average Bonchev–Trinajstić information content (AvgIpc) is 2.93. The van der Waals surface area contributed by atoms with Gasteiger partial charge in [-0.25, -0.2) is 4.98 Å². The van der Waals surface area contributed by atoms with Crippen LogP contribution in [0.3, 0.4) is 0 Å². The first-order valence-corrected chi connectivity index (χ1v) is 6.89. The van der Waals surface area contributed by atoms with Gasteiger partial charge >= 0.3 is 0 Å². The van der Waals surface area contributed by atoms with Gasteiger partial charge in [0.2, 0.25) is 0 Å². The second-order valence-electron chi connectivity index (χ2n) is 4.64. The van der Waals surface area contributed by atoms with E-state index < -0.39 is 0 Å². The Hall–Kier alpha value is -1.62. The van der Waals surface area contributed by atoms with Crippen molar-refractivity contribution in [2.75, 3.05) is 25.0 Å². The fourth-order valence-corrected chi connectivity index (χ4v) is 2.15. The highest BCUT2D eigenvalue weighted by Crippen LogP contribution is 2.14. The second-order valence-corrected chi connectivity index (χ2v) is 4.64. The maximum absolute atomic E-state index is 11.9. The van der Waals surface area contributed by atoms with Crippen LogP contribution in [0.5, 0.6) is 0 Å². The quantitative estimate of drug-likeness (QED) is 0.821. The molecule has 0 spiro atoms. The van der Waals surface area contributed by atoms with Crippen LogP contribution in [0.15, 0.2) is 18.3 Å².